The summed E-state index contributed by atoms with van der Waals surface area (Å²) >= 11 is 5.74. The van der Waals surface area contributed by atoms with Crippen LogP contribution in [-0.4, -0.2) is 54.8 Å². The number of hydrogen-bond donors (Lipinski definition) is 0. The Morgan fingerprint density at radius 1 is 1.15 bits per heavy atom. The van der Waals surface area contributed by atoms with Crippen molar-refractivity contribution < 1.29 is 33.3 Å². The largest absolute Gasteiger partial charge is 0.458 e. The first-order chi connectivity index (χ1) is 9.35. The first kappa shape index (κ1) is 16.7. The summed E-state index contributed by atoms with van der Waals surface area (Å²) in [4.78, 5) is 33.2. The van der Waals surface area contributed by atoms with Gasteiger partial charge in [-0.2, -0.15) is 0 Å². The molecule has 0 aliphatic carbocycles. The summed E-state index contributed by atoms with van der Waals surface area (Å²) in [5.41, 5.74) is 0. The number of carbonyl (C=O) groups is 3. The molecule has 0 bridgehead atoms. The van der Waals surface area contributed by atoms with Gasteiger partial charge in [0.05, 0.1) is 12.5 Å². The fourth-order valence-electron chi connectivity index (χ4n) is 1.97. The van der Waals surface area contributed by atoms with Crippen LogP contribution in [0.2, 0.25) is 0 Å². The molecule has 8 heteroatoms. The fourth-order valence-corrected chi connectivity index (χ4v) is 2.21. The average molecular weight is 309 g/mol. The molecule has 0 aromatic heterocycles. The van der Waals surface area contributed by atoms with Gasteiger partial charge in [0, 0.05) is 20.8 Å². The Hall–Kier alpha value is -1.34. The maximum Gasteiger partial charge on any atom is 0.303 e. The van der Waals surface area contributed by atoms with Gasteiger partial charge in [-0.25, -0.2) is 0 Å². The molecule has 0 saturated carbocycles. The van der Waals surface area contributed by atoms with Crippen LogP contribution in [0, 0.1) is 0 Å². The molecule has 1 saturated heterocycles. The van der Waals surface area contributed by atoms with Gasteiger partial charge in [0.2, 0.25) is 0 Å². The van der Waals surface area contributed by atoms with Crippen LogP contribution in [0.4, 0.5) is 0 Å². The lowest BCUT2D eigenvalue weighted by atomic mass is 10.1. The van der Waals surface area contributed by atoms with Gasteiger partial charge >= 0.3 is 17.9 Å². The Bertz CT molecular complexity index is 384. The van der Waals surface area contributed by atoms with E-state index in [0.717, 1.165) is 0 Å². The van der Waals surface area contributed by atoms with Crippen LogP contribution >= 0.6 is 11.6 Å². The van der Waals surface area contributed by atoms with Gasteiger partial charge in [-0.05, 0) is 0 Å². The smallest absolute Gasteiger partial charge is 0.303 e. The number of esters is 3. The van der Waals surface area contributed by atoms with Crippen LogP contribution in [0.15, 0.2) is 0 Å². The average Bonchev–Trinajstić information content (AvgIpc) is 2.67. The van der Waals surface area contributed by atoms with Crippen molar-refractivity contribution in [2.45, 2.75) is 45.2 Å². The molecule has 0 spiro atoms. The number of halogens is 1. The molecule has 0 N–H and O–H groups in total. The van der Waals surface area contributed by atoms with Gasteiger partial charge in [0.25, 0.3) is 0 Å². The van der Waals surface area contributed by atoms with Gasteiger partial charge in [0.1, 0.15) is 12.2 Å². The van der Waals surface area contributed by atoms with Crippen molar-refractivity contribution in [1.29, 1.82) is 0 Å². The summed E-state index contributed by atoms with van der Waals surface area (Å²) in [5, 5.41) is 0. The molecule has 114 valence electrons. The quantitative estimate of drug-likeness (QED) is 0.413. The van der Waals surface area contributed by atoms with Crippen molar-refractivity contribution in [3.63, 3.8) is 0 Å². The molecule has 0 unspecified atom stereocenters. The molecule has 4 atom stereocenters. The third-order valence-electron chi connectivity index (χ3n) is 2.60. The summed E-state index contributed by atoms with van der Waals surface area (Å²) in [6, 6.07) is 0. The van der Waals surface area contributed by atoms with Crippen molar-refractivity contribution in [2.24, 2.45) is 0 Å². The van der Waals surface area contributed by atoms with E-state index < -0.39 is 42.3 Å². The topological polar surface area (TPSA) is 88.1 Å². The zero-order valence-corrected chi connectivity index (χ0v) is 12.2. The molecule has 7 nitrogen and oxygen atoms in total. The van der Waals surface area contributed by atoms with Crippen molar-refractivity contribution >= 4 is 29.5 Å². The van der Waals surface area contributed by atoms with E-state index in [1.54, 1.807) is 0 Å². The second-order valence-corrected chi connectivity index (χ2v) is 4.63. The van der Waals surface area contributed by atoms with E-state index in [1.807, 2.05) is 0 Å². The van der Waals surface area contributed by atoms with E-state index in [2.05, 4.69) is 0 Å². The highest BCUT2D eigenvalue weighted by molar-refractivity contribution is 6.18. The van der Waals surface area contributed by atoms with Crippen LogP contribution in [0.25, 0.3) is 0 Å². The summed E-state index contributed by atoms with van der Waals surface area (Å²) in [6.45, 7) is 3.74. The van der Waals surface area contributed by atoms with E-state index in [4.69, 9.17) is 30.5 Å². The van der Waals surface area contributed by atoms with Crippen LogP contribution in [0.5, 0.6) is 0 Å². The van der Waals surface area contributed by atoms with Gasteiger partial charge in [-0.3, -0.25) is 14.4 Å². The van der Waals surface area contributed by atoms with E-state index in [9.17, 15) is 14.4 Å². The second kappa shape index (κ2) is 7.44. The molecule has 0 aromatic carbocycles. The number of ether oxygens (including phenoxy) is 4. The highest BCUT2D eigenvalue weighted by Crippen LogP contribution is 2.26. The monoisotopic (exact) mass is 308 g/mol. The summed E-state index contributed by atoms with van der Waals surface area (Å²) < 4.78 is 20.6. The lowest BCUT2D eigenvalue weighted by Gasteiger charge is -2.26. The van der Waals surface area contributed by atoms with E-state index in [-0.39, 0.29) is 12.5 Å². The zero-order valence-electron chi connectivity index (χ0n) is 11.5. The Balaban J connectivity index is 2.84. The minimum atomic E-state index is -0.862. The molecule has 0 amide bonds. The molecular weight excluding hydrogens is 292 g/mol. The highest BCUT2D eigenvalue weighted by Gasteiger charge is 2.47. The number of carbonyl (C=O) groups excluding carboxylic acids is 3. The van der Waals surface area contributed by atoms with Crippen molar-refractivity contribution in [3.05, 3.63) is 0 Å². The van der Waals surface area contributed by atoms with Crippen molar-refractivity contribution in [1.82, 2.24) is 0 Å². The van der Waals surface area contributed by atoms with Crippen molar-refractivity contribution in [2.75, 3.05) is 12.5 Å². The van der Waals surface area contributed by atoms with Crippen LogP contribution in [0.3, 0.4) is 0 Å². The molecule has 1 heterocycles. The third kappa shape index (κ3) is 4.64. The standard InChI is InChI=1S/C12H17ClO7/c1-6(14)18-9(4-13)11-12(20-8(3)16)10(5-17-11)19-7(2)15/h9-12H,4-5H2,1-3H3/t9-,10+,11-,12-/m1/s1. The molecule has 1 fully saturated rings. The predicted octanol–water partition coefficient (Wildman–Crippen LogP) is 0.419. The Labute approximate surface area is 121 Å². The fraction of sp³-hybridized carbons (Fsp3) is 0.750. The molecule has 0 aromatic rings. The predicted molar refractivity (Wildman–Crippen MR) is 67.1 cm³/mol. The van der Waals surface area contributed by atoms with E-state index >= 15 is 0 Å². The molecular formula is C12H17ClO7. The van der Waals surface area contributed by atoms with Gasteiger partial charge < -0.3 is 18.9 Å². The van der Waals surface area contributed by atoms with Gasteiger partial charge in [0.15, 0.2) is 12.2 Å². The Kier molecular flexibility index (Phi) is 6.22. The highest BCUT2D eigenvalue weighted by atomic mass is 35.5. The normalized spacial score (nSPS) is 26.7. The third-order valence-corrected chi connectivity index (χ3v) is 2.90. The van der Waals surface area contributed by atoms with Crippen LogP contribution in [0.1, 0.15) is 20.8 Å². The molecule has 1 rings (SSSR count). The molecule has 0 radical (unpaired) electrons. The Morgan fingerprint density at radius 2 is 1.75 bits per heavy atom. The number of hydrogen-bond acceptors (Lipinski definition) is 7. The molecule has 1 aliphatic heterocycles. The number of rotatable bonds is 5. The summed E-state index contributed by atoms with van der Waals surface area (Å²) in [5.74, 6) is -1.64. The van der Waals surface area contributed by atoms with Gasteiger partial charge in [-0.1, -0.05) is 0 Å². The minimum absolute atomic E-state index is 0.0329. The lowest BCUT2D eigenvalue weighted by molar-refractivity contribution is -0.169. The maximum atomic E-state index is 11.2. The van der Waals surface area contributed by atoms with Crippen LogP contribution < -0.4 is 0 Å². The maximum absolute atomic E-state index is 11.2. The van der Waals surface area contributed by atoms with E-state index in [1.165, 1.54) is 20.8 Å². The molecule has 20 heavy (non-hydrogen) atoms. The lowest BCUT2D eigenvalue weighted by Crippen LogP contribution is -2.45. The zero-order chi connectivity index (χ0) is 15.3. The molecule has 1 aliphatic rings. The first-order valence-electron chi connectivity index (χ1n) is 6.04. The summed E-state index contributed by atoms with van der Waals surface area (Å²) in [6.07, 6.45) is -3.18. The minimum Gasteiger partial charge on any atom is -0.458 e. The SMILES string of the molecule is CC(=O)O[C@H]1[C@@H]([C@@H](CCl)OC(C)=O)OC[C@@H]1OC(C)=O. The second-order valence-electron chi connectivity index (χ2n) is 4.32. The Morgan fingerprint density at radius 3 is 2.20 bits per heavy atom. The van der Waals surface area contributed by atoms with Crippen molar-refractivity contribution in [3.8, 4) is 0 Å². The summed E-state index contributed by atoms with van der Waals surface area (Å²) in [7, 11) is 0. The van der Waals surface area contributed by atoms with E-state index in [0.29, 0.717) is 0 Å². The number of alkyl halides is 1. The van der Waals surface area contributed by atoms with Crippen LogP contribution in [-0.2, 0) is 33.3 Å². The first-order valence-corrected chi connectivity index (χ1v) is 6.57. The van der Waals surface area contributed by atoms with Gasteiger partial charge in [-0.15, -0.1) is 11.6 Å².